The van der Waals surface area contributed by atoms with Crippen molar-refractivity contribution in [2.75, 3.05) is 6.54 Å². The first-order valence-corrected chi connectivity index (χ1v) is 7.43. The first-order chi connectivity index (χ1) is 10.0. The number of carboxylic acid groups (broad SMARTS) is 1. The predicted octanol–water partition coefficient (Wildman–Crippen LogP) is 2.88. The van der Waals surface area contributed by atoms with Gasteiger partial charge in [-0.25, -0.2) is 4.79 Å². The number of carbonyl (C=O) groups excluding carboxylic acids is 1. The van der Waals surface area contributed by atoms with Crippen LogP contribution in [0.4, 0.5) is 4.79 Å². The fourth-order valence-electron chi connectivity index (χ4n) is 2.49. The molecular formula is C15H19ClN2O3. The molecule has 114 valence electrons. The van der Waals surface area contributed by atoms with Crippen LogP contribution in [0.3, 0.4) is 0 Å². The Bertz CT molecular complexity index is 512. The molecule has 3 N–H and O–H groups in total. The average Bonchev–Trinajstić information content (AvgIpc) is 2.40. The zero-order chi connectivity index (χ0) is 15.3. The summed E-state index contributed by atoms with van der Waals surface area (Å²) in [5, 5.41) is 14.9. The molecule has 0 bridgehead atoms. The maximum Gasteiger partial charge on any atom is 0.315 e. The van der Waals surface area contributed by atoms with Crippen molar-refractivity contribution in [3.05, 3.63) is 34.9 Å². The zero-order valence-electron chi connectivity index (χ0n) is 11.7. The molecule has 1 aromatic rings. The number of hydrogen-bond donors (Lipinski definition) is 3. The van der Waals surface area contributed by atoms with Gasteiger partial charge >= 0.3 is 12.0 Å². The minimum atomic E-state index is -0.853. The van der Waals surface area contributed by atoms with Gasteiger partial charge in [0, 0.05) is 18.0 Å². The normalized spacial score (nSPS) is 15.9. The van der Waals surface area contributed by atoms with Gasteiger partial charge < -0.3 is 15.7 Å². The van der Waals surface area contributed by atoms with Crippen molar-refractivity contribution in [2.24, 2.45) is 0 Å². The fraction of sp³-hybridized carbons (Fsp3) is 0.467. The summed E-state index contributed by atoms with van der Waals surface area (Å²) in [6.07, 6.45) is 3.36. The molecule has 1 aliphatic carbocycles. The predicted molar refractivity (Wildman–Crippen MR) is 80.4 cm³/mol. The van der Waals surface area contributed by atoms with Crippen LogP contribution in [0.5, 0.6) is 0 Å². The maximum atomic E-state index is 11.9. The van der Waals surface area contributed by atoms with E-state index >= 15 is 0 Å². The lowest BCUT2D eigenvalue weighted by molar-refractivity contribution is -0.137. The molecule has 6 heteroatoms. The Morgan fingerprint density at radius 2 is 1.90 bits per heavy atom. The van der Waals surface area contributed by atoms with E-state index in [9.17, 15) is 9.59 Å². The van der Waals surface area contributed by atoms with Crippen LogP contribution >= 0.6 is 11.6 Å². The van der Waals surface area contributed by atoms with E-state index in [1.54, 1.807) is 0 Å². The van der Waals surface area contributed by atoms with Crippen molar-refractivity contribution >= 4 is 23.6 Å². The lowest BCUT2D eigenvalue weighted by Crippen LogP contribution is -2.54. The van der Waals surface area contributed by atoms with Crippen LogP contribution < -0.4 is 10.6 Å². The average molecular weight is 311 g/mol. The van der Waals surface area contributed by atoms with Crippen molar-refractivity contribution in [3.63, 3.8) is 0 Å². The molecule has 0 unspecified atom stereocenters. The molecule has 0 atom stereocenters. The van der Waals surface area contributed by atoms with Gasteiger partial charge in [0.1, 0.15) is 0 Å². The Morgan fingerprint density at radius 1 is 1.24 bits per heavy atom. The van der Waals surface area contributed by atoms with E-state index in [2.05, 4.69) is 10.6 Å². The number of carbonyl (C=O) groups is 2. The number of nitrogens with one attached hydrogen (secondary N) is 2. The number of urea groups is 1. The third kappa shape index (κ3) is 4.11. The summed E-state index contributed by atoms with van der Waals surface area (Å²) in [7, 11) is 0. The summed E-state index contributed by atoms with van der Waals surface area (Å²) in [6.45, 7) is 0.356. The molecule has 0 heterocycles. The molecule has 1 saturated carbocycles. The SMILES string of the molecule is O=C(O)CCCNC(=O)NC1(c2ccc(Cl)cc2)CCC1. The second-order valence-corrected chi connectivity index (χ2v) is 5.76. The summed E-state index contributed by atoms with van der Waals surface area (Å²) >= 11 is 5.89. The molecule has 2 rings (SSSR count). The van der Waals surface area contributed by atoms with Crippen molar-refractivity contribution in [1.29, 1.82) is 0 Å². The van der Waals surface area contributed by atoms with Crippen LogP contribution in [0.25, 0.3) is 0 Å². The smallest absolute Gasteiger partial charge is 0.315 e. The quantitative estimate of drug-likeness (QED) is 0.707. The highest BCUT2D eigenvalue weighted by Gasteiger charge is 2.39. The molecule has 2 amide bonds. The molecule has 0 radical (unpaired) electrons. The van der Waals surface area contributed by atoms with Crippen LogP contribution in [0, 0.1) is 0 Å². The van der Waals surface area contributed by atoms with Gasteiger partial charge in [-0.15, -0.1) is 0 Å². The standard InChI is InChI=1S/C15H19ClN2O3/c16-12-6-4-11(5-7-12)15(8-2-9-15)18-14(21)17-10-1-3-13(19)20/h4-7H,1-3,8-10H2,(H,19,20)(H2,17,18,21). The first kappa shape index (κ1) is 15.6. The number of benzene rings is 1. The van der Waals surface area contributed by atoms with Gasteiger partial charge in [-0.2, -0.15) is 0 Å². The molecule has 0 spiro atoms. The second kappa shape index (κ2) is 6.80. The van der Waals surface area contributed by atoms with Crippen LogP contribution in [0.2, 0.25) is 5.02 Å². The first-order valence-electron chi connectivity index (χ1n) is 7.06. The Balaban J connectivity index is 1.88. The van der Waals surface area contributed by atoms with E-state index < -0.39 is 5.97 Å². The van der Waals surface area contributed by atoms with Crippen LogP contribution in [-0.2, 0) is 10.3 Å². The number of carboxylic acids is 1. The van der Waals surface area contributed by atoms with Crippen LogP contribution in [-0.4, -0.2) is 23.7 Å². The van der Waals surface area contributed by atoms with Gasteiger partial charge in [-0.1, -0.05) is 23.7 Å². The van der Waals surface area contributed by atoms with Crippen molar-refractivity contribution in [2.45, 2.75) is 37.6 Å². The summed E-state index contributed by atoms with van der Waals surface area (Å²) in [5.41, 5.74) is 0.736. The highest BCUT2D eigenvalue weighted by molar-refractivity contribution is 6.30. The summed E-state index contributed by atoms with van der Waals surface area (Å²) in [4.78, 5) is 22.3. The van der Waals surface area contributed by atoms with E-state index in [0.717, 1.165) is 24.8 Å². The van der Waals surface area contributed by atoms with Gasteiger partial charge in [0.05, 0.1) is 5.54 Å². The lowest BCUT2D eigenvalue weighted by atomic mass is 9.72. The Hall–Kier alpha value is -1.75. The third-order valence-electron chi connectivity index (χ3n) is 3.81. The van der Waals surface area contributed by atoms with Crippen molar-refractivity contribution in [1.82, 2.24) is 10.6 Å². The summed E-state index contributed by atoms with van der Waals surface area (Å²) in [5.74, 6) is -0.853. The minimum absolute atomic E-state index is 0.0581. The van der Waals surface area contributed by atoms with Gasteiger partial charge in [-0.05, 0) is 43.4 Å². The monoisotopic (exact) mass is 310 g/mol. The topological polar surface area (TPSA) is 78.4 Å². The van der Waals surface area contributed by atoms with Gasteiger partial charge in [0.2, 0.25) is 0 Å². The Morgan fingerprint density at radius 3 is 2.43 bits per heavy atom. The summed E-state index contributed by atoms with van der Waals surface area (Å²) in [6, 6.07) is 7.26. The molecule has 0 aliphatic heterocycles. The molecular weight excluding hydrogens is 292 g/mol. The third-order valence-corrected chi connectivity index (χ3v) is 4.06. The molecule has 1 aromatic carbocycles. The molecule has 0 aromatic heterocycles. The van der Waals surface area contributed by atoms with Gasteiger partial charge in [-0.3, -0.25) is 4.79 Å². The molecule has 5 nitrogen and oxygen atoms in total. The van der Waals surface area contributed by atoms with Crippen LogP contribution in [0.15, 0.2) is 24.3 Å². The van der Waals surface area contributed by atoms with E-state index in [4.69, 9.17) is 16.7 Å². The van der Waals surface area contributed by atoms with Crippen molar-refractivity contribution in [3.8, 4) is 0 Å². The van der Waals surface area contributed by atoms with E-state index in [1.165, 1.54) is 0 Å². The second-order valence-electron chi connectivity index (χ2n) is 5.32. The van der Waals surface area contributed by atoms with Crippen molar-refractivity contribution < 1.29 is 14.7 Å². The highest BCUT2D eigenvalue weighted by Crippen LogP contribution is 2.41. The largest absolute Gasteiger partial charge is 0.481 e. The number of halogens is 1. The molecule has 21 heavy (non-hydrogen) atoms. The number of amides is 2. The highest BCUT2D eigenvalue weighted by atomic mass is 35.5. The Kier molecular flexibility index (Phi) is 5.07. The minimum Gasteiger partial charge on any atom is -0.481 e. The van der Waals surface area contributed by atoms with Crippen LogP contribution in [0.1, 0.15) is 37.7 Å². The zero-order valence-corrected chi connectivity index (χ0v) is 12.4. The number of aliphatic carboxylic acids is 1. The number of rotatable bonds is 6. The number of hydrogen-bond acceptors (Lipinski definition) is 2. The van der Waals surface area contributed by atoms with E-state index in [1.807, 2.05) is 24.3 Å². The summed E-state index contributed by atoms with van der Waals surface area (Å²) < 4.78 is 0. The molecule has 1 aliphatic rings. The molecule has 1 fully saturated rings. The maximum absolute atomic E-state index is 11.9. The fourth-order valence-corrected chi connectivity index (χ4v) is 2.61. The Labute approximate surface area is 128 Å². The van der Waals surface area contributed by atoms with Gasteiger partial charge in [0.15, 0.2) is 0 Å². The van der Waals surface area contributed by atoms with E-state index in [0.29, 0.717) is 18.0 Å². The van der Waals surface area contributed by atoms with Gasteiger partial charge in [0.25, 0.3) is 0 Å². The van der Waals surface area contributed by atoms with E-state index in [-0.39, 0.29) is 18.0 Å². The lowest BCUT2D eigenvalue weighted by Gasteiger charge is -2.43. The molecule has 0 saturated heterocycles.